The predicted molar refractivity (Wildman–Crippen MR) is 153 cm³/mol. The zero-order chi connectivity index (χ0) is 26.6. The highest BCUT2D eigenvalue weighted by Crippen LogP contribution is 2.35. The monoisotopic (exact) mass is 556 g/mol. The van der Waals surface area contributed by atoms with Crippen molar-refractivity contribution in [3.05, 3.63) is 88.4 Å². The molecular formula is C27H29ClN4O3S2. The summed E-state index contributed by atoms with van der Waals surface area (Å²) in [7, 11) is -3.58. The molecule has 0 aromatic heterocycles. The van der Waals surface area contributed by atoms with Crippen molar-refractivity contribution in [1.82, 2.24) is 9.62 Å². The van der Waals surface area contributed by atoms with Gasteiger partial charge in [-0.15, -0.1) is 0 Å². The first-order valence-electron chi connectivity index (χ1n) is 12.0. The van der Waals surface area contributed by atoms with Gasteiger partial charge >= 0.3 is 0 Å². The van der Waals surface area contributed by atoms with Crippen molar-refractivity contribution in [3.63, 3.8) is 0 Å². The van der Waals surface area contributed by atoms with E-state index in [2.05, 4.69) is 17.6 Å². The number of hydrogen-bond acceptors (Lipinski definition) is 5. The molecule has 1 aliphatic heterocycles. The smallest absolute Gasteiger partial charge is 0.257 e. The van der Waals surface area contributed by atoms with Crippen LogP contribution in [0.2, 0.25) is 5.02 Å². The minimum Gasteiger partial charge on any atom is -0.366 e. The first-order valence-corrected chi connectivity index (χ1v) is 14.2. The van der Waals surface area contributed by atoms with Crippen LogP contribution in [0.5, 0.6) is 0 Å². The number of amides is 1. The van der Waals surface area contributed by atoms with E-state index in [1.807, 2.05) is 30.0 Å². The Hall–Kier alpha value is -2.98. The lowest BCUT2D eigenvalue weighted by Gasteiger charge is -2.36. The Morgan fingerprint density at radius 2 is 1.62 bits per heavy atom. The van der Waals surface area contributed by atoms with Crippen LogP contribution < -0.4 is 15.5 Å². The van der Waals surface area contributed by atoms with Gasteiger partial charge in [0.15, 0.2) is 5.11 Å². The molecule has 0 bridgehead atoms. The normalized spacial score (nSPS) is 14.3. The Morgan fingerprint density at radius 3 is 2.24 bits per heavy atom. The van der Waals surface area contributed by atoms with Gasteiger partial charge in [-0.3, -0.25) is 10.1 Å². The van der Waals surface area contributed by atoms with Crippen molar-refractivity contribution >= 4 is 56.2 Å². The summed E-state index contributed by atoms with van der Waals surface area (Å²) in [4.78, 5) is 14.9. The lowest BCUT2D eigenvalue weighted by atomic mass is 10.1. The van der Waals surface area contributed by atoms with E-state index in [4.69, 9.17) is 23.8 Å². The number of halogens is 1. The van der Waals surface area contributed by atoms with Crippen LogP contribution in [0.1, 0.15) is 28.4 Å². The van der Waals surface area contributed by atoms with Crippen LogP contribution in [0.15, 0.2) is 71.6 Å². The summed E-state index contributed by atoms with van der Waals surface area (Å²) in [6.45, 7) is 5.51. The van der Waals surface area contributed by atoms with E-state index < -0.39 is 10.0 Å². The highest BCUT2D eigenvalue weighted by molar-refractivity contribution is 7.89. The Bertz CT molecular complexity index is 1390. The third kappa shape index (κ3) is 6.30. The Labute approximate surface area is 228 Å². The molecule has 0 atom stereocenters. The van der Waals surface area contributed by atoms with Gasteiger partial charge < -0.3 is 10.2 Å². The van der Waals surface area contributed by atoms with Crippen molar-refractivity contribution in [2.24, 2.45) is 0 Å². The van der Waals surface area contributed by atoms with E-state index >= 15 is 0 Å². The number of rotatable bonds is 6. The third-order valence-corrected chi connectivity index (χ3v) is 8.72. The van der Waals surface area contributed by atoms with E-state index in [-0.39, 0.29) is 15.9 Å². The molecule has 0 spiro atoms. The lowest BCUT2D eigenvalue weighted by molar-refractivity contribution is 0.0977. The number of thiocarbonyl (C=S) groups is 1. The molecule has 1 heterocycles. The molecule has 10 heteroatoms. The number of anilines is 2. The van der Waals surface area contributed by atoms with Crippen molar-refractivity contribution in [2.75, 3.05) is 36.4 Å². The van der Waals surface area contributed by atoms with E-state index in [9.17, 15) is 13.2 Å². The number of carbonyl (C=O) groups is 1. The van der Waals surface area contributed by atoms with Gasteiger partial charge in [-0.25, -0.2) is 8.42 Å². The molecule has 0 radical (unpaired) electrons. The number of hydrogen-bond donors (Lipinski definition) is 2. The molecule has 194 valence electrons. The first kappa shape index (κ1) is 27.1. The van der Waals surface area contributed by atoms with Crippen molar-refractivity contribution in [1.29, 1.82) is 0 Å². The zero-order valence-corrected chi connectivity index (χ0v) is 23.1. The van der Waals surface area contributed by atoms with Gasteiger partial charge in [-0.2, -0.15) is 4.31 Å². The van der Waals surface area contributed by atoms with Gasteiger partial charge in [0.05, 0.1) is 21.3 Å². The van der Waals surface area contributed by atoms with Crippen LogP contribution in [0.3, 0.4) is 0 Å². The van der Waals surface area contributed by atoms with E-state index in [0.717, 1.165) is 17.5 Å². The Kier molecular flexibility index (Phi) is 8.49. The van der Waals surface area contributed by atoms with Crippen LogP contribution in [-0.2, 0) is 16.4 Å². The van der Waals surface area contributed by atoms with Crippen molar-refractivity contribution < 1.29 is 13.2 Å². The quantitative estimate of drug-likeness (QED) is 0.423. The number of benzene rings is 3. The van der Waals surface area contributed by atoms with E-state index in [0.29, 0.717) is 48.1 Å². The molecule has 2 N–H and O–H groups in total. The summed E-state index contributed by atoms with van der Waals surface area (Å²) in [5.74, 6) is -0.307. The molecule has 0 saturated carbocycles. The van der Waals surface area contributed by atoms with E-state index in [1.54, 1.807) is 48.5 Å². The van der Waals surface area contributed by atoms with Crippen LogP contribution >= 0.6 is 23.8 Å². The van der Waals surface area contributed by atoms with Gasteiger partial charge in [0.2, 0.25) is 10.0 Å². The molecule has 1 saturated heterocycles. The summed E-state index contributed by atoms with van der Waals surface area (Å²) in [5, 5.41) is 6.45. The molecule has 0 aliphatic carbocycles. The van der Waals surface area contributed by atoms with Crippen LogP contribution in [0.25, 0.3) is 0 Å². The first-order chi connectivity index (χ1) is 17.7. The number of para-hydroxylation sites is 1. The Balaban J connectivity index is 1.43. The minimum absolute atomic E-state index is 0.147. The van der Waals surface area contributed by atoms with Crippen molar-refractivity contribution in [3.8, 4) is 0 Å². The van der Waals surface area contributed by atoms with Gasteiger partial charge in [-0.1, -0.05) is 54.4 Å². The molecule has 1 aliphatic rings. The second-order valence-corrected chi connectivity index (χ2v) is 11.6. The molecule has 3 aromatic rings. The maximum atomic E-state index is 13.1. The number of aryl methyl sites for hydroxylation is 2. The molecule has 7 nitrogen and oxygen atoms in total. The van der Waals surface area contributed by atoms with Crippen LogP contribution in [0, 0.1) is 6.92 Å². The number of carbonyl (C=O) groups excluding carboxylic acids is 1. The Morgan fingerprint density at radius 1 is 0.973 bits per heavy atom. The van der Waals surface area contributed by atoms with Gasteiger partial charge in [0.1, 0.15) is 0 Å². The van der Waals surface area contributed by atoms with Crippen molar-refractivity contribution in [2.45, 2.75) is 25.2 Å². The summed E-state index contributed by atoms with van der Waals surface area (Å²) in [6.07, 6.45) is 0.894. The molecule has 3 aromatic carbocycles. The number of nitrogens with one attached hydrogen (secondary N) is 2. The SMILES string of the molecule is CCc1ccc(C(=O)NC(=S)Nc2cccc(Cl)c2N2CCN(S(=O)(=O)c3ccc(C)cc3)CC2)cc1. The van der Waals surface area contributed by atoms with E-state index in [1.165, 1.54) is 4.31 Å². The van der Waals surface area contributed by atoms with Gasteiger partial charge in [0.25, 0.3) is 5.91 Å². The predicted octanol–water partition coefficient (Wildman–Crippen LogP) is 4.85. The fourth-order valence-corrected chi connectivity index (χ4v) is 6.09. The molecule has 4 rings (SSSR count). The maximum Gasteiger partial charge on any atom is 0.257 e. The number of sulfonamides is 1. The zero-order valence-electron chi connectivity index (χ0n) is 20.7. The summed E-state index contributed by atoms with van der Waals surface area (Å²) in [5.41, 5.74) is 4.01. The van der Waals surface area contributed by atoms with Crippen LogP contribution in [-0.4, -0.2) is 49.9 Å². The molecule has 0 unspecified atom stereocenters. The van der Waals surface area contributed by atoms with Crippen LogP contribution in [0.4, 0.5) is 11.4 Å². The molecule has 1 fully saturated rings. The largest absolute Gasteiger partial charge is 0.366 e. The fourth-order valence-electron chi connectivity index (χ4n) is 4.17. The summed E-state index contributed by atoms with van der Waals surface area (Å²) < 4.78 is 27.7. The molecule has 37 heavy (non-hydrogen) atoms. The number of piperazine rings is 1. The average Bonchev–Trinajstić information content (AvgIpc) is 2.89. The average molecular weight is 557 g/mol. The third-order valence-electron chi connectivity index (χ3n) is 6.30. The highest BCUT2D eigenvalue weighted by atomic mass is 35.5. The summed E-state index contributed by atoms with van der Waals surface area (Å²) in [6, 6.07) is 19.6. The fraction of sp³-hybridized carbons (Fsp3) is 0.259. The molecule has 1 amide bonds. The maximum absolute atomic E-state index is 13.1. The highest BCUT2D eigenvalue weighted by Gasteiger charge is 2.30. The number of nitrogens with zero attached hydrogens (tertiary/aromatic N) is 2. The second kappa shape index (κ2) is 11.6. The second-order valence-electron chi connectivity index (χ2n) is 8.80. The summed E-state index contributed by atoms with van der Waals surface area (Å²) >= 11 is 12.0. The lowest BCUT2D eigenvalue weighted by Crippen LogP contribution is -2.49. The molecular weight excluding hydrogens is 528 g/mol. The van der Waals surface area contributed by atoms with Gasteiger partial charge in [-0.05, 0) is 67.5 Å². The minimum atomic E-state index is -3.58. The standard InChI is InChI=1S/C27H29ClN4O3S2/c1-3-20-9-11-21(12-10-20)26(33)30-27(36)29-24-6-4-5-23(28)25(24)31-15-17-32(18-16-31)37(34,35)22-13-7-19(2)8-14-22/h4-14H,3,15-18H2,1-2H3,(H2,29,30,33,36). The van der Waals surface area contributed by atoms with Gasteiger partial charge in [0, 0.05) is 31.7 Å². The topological polar surface area (TPSA) is 81.8 Å².